The van der Waals surface area contributed by atoms with Crippen molar-refractivity contribution < 1.29 is 22.7 Å². The van der Waals surface area contributed by atoms with Gasteiger partial charge < -0.3 is 19.8 Å². The number of hydrogen-bond donors (Lipinski definition) is 2. The van der Waals surface area contributed by atoms with Gasteiger partial charge in [0.05, 0.1) is 19.3 Å². The second-order valence-corrected chi connectivity index (χ2v) is 7.55. The normalized spacial score (nSPS) is 23.0. The zero-order valence-electron chi connectivity index (χ0n) is 12.8. The molecule has 8 nitrogen and oxygen atoms in total. The number of sulfonamides is 1. The molecule has 2 saturated heterocycles. The summed E-state index contributed by atoms with van der Waals surface area (Å²) >= 11 is 0. The van der Waals surface area contributed by atoms with E-state index in [9.17, 15) is 13.2 Å². The van der Waals surface area contributed by atoms with Crippen molar-refractivity contribution in [2.75, 3.05) is 39.5 Å². The highest BCUT2D eigenvalue weighted by atomic mass is 32.2. The summed E-state index contributed by atoms with van der Waals surface area (Å²) in [6.45, 7) is 2.59. The molecule has 0 aliphatic carbocycles. The number of carbonyl (C=O) groups excluding carboxylic acids is 1. The van der Waals surface area contributed by atoms with E-state index < -0.39 is 10.0 Å². The average Bonchev–Trinajstić information content (AvgIpc) is 3.25. The number of hydrogen-bond acceptors (Lipinski definition) is 5. The van der Waals surface area contributed by atoms with Crippen molar-refractivity contribution in [2.24, 2.45) is 0 Å². The third-order valence-corrected chi connectivity index (χ3v) is 5.90. The maximum atomic E-state index is 12.5. The number of amides is 1. The van der Waals surface area contributed by atoms with Crippen molar-refractivity contribution in [2.45, 2.75) is 23.8 Å². The minimum Gasteiger partial charge on any atom is -0.379 e. The van der Waals surface area contributed by atoms with Crippen LogP contribution in [-0.4, -0.2) is 69.2 Å². The second-order valence-electron chi connectivity index (χ2n) is 5.61. The fraction of sp³-hybridized carbons (Fsp3) is 0.643. The van der Waals surface area contributed by atoms with Gasteiger partial charge in [0.1, 0.15) is 10.6 Å². The first-order valence-electron chi connectivity index (χ1n) is 7.73. The molecule has 2 fully saturated rings. The van der Waals surface area contributed by atoms with Crippen LogP contribution in [0.1, 0.15) is 23.3 Å². The average molecular weight is 343 g/mol. The fourth-order valence-electron chi connectivity index (χ4n) is 2.70. The highest BCUT2D eigenvalue weighted by molar-refractivity contribution is 7.89. The van der Waals surface area contributed by atoms with Crippen LogP contribution in [0.2, 0.25) is 0 Å². The van der Waals surface area contributed by atoms with E-state index in [0.29, 0.717) is 32.8 Å². The Morgan fingerprint density at radius 2 is 2.13 bits per heavy atom. The Morgan fingerprint density at radius 1 is 1.35 bits per heavy atom. The lowest BCUT2D eigenvalue weighted by Crippen LogP contribution is -2.40. The smallest absolute Gasteiger partial charge is 0.267 e. The summed E-state index contributed by atoms with van der Waals surface area (Å²) in [5, 5.41) is 2.76. The largest absolute Gasteiger partial charge is 0.379 e. The van der Waals surface area contributed by atoms with Crippen molar-refractivity contribution in [3.05, 3.63) is 18.0 Å². The van der Waals surface area contributed by atoms with Crippen molar-refractivity contribution in [1.29, 1.82) is 0 Å². The summed E-state index contributed by atoms with van der Waals surface area (Å²) in [7, 11) is -3.59. The van der Waals surface area contributed by atoms with Crippen LogP contribution in [0.3, 0.4) is 0 Å². The van der Waals surface area contributed by atoms with E-state index in [4.69, 9.17) is 9.47 Å². The van der Waals surface area contributed by atoms with Crippen molar-refractivity contribution in [3.63, 3.8) is 0 Å². The van der Waals surface area contributed by atoms with E-state index in [-0.39, 0.29) is 22.6 Å². The van der Waals surface area contributed by atoms with E-state index in [1.165, 1.54) is 16.6 Å². The molecule has 1 aromatic heterocycles. The van der Waals surface area contributed by atoms with Crippen molar-refractivity contribution in [1.82, 2.24) is 14.6 Å². The quantitative estimate of drug-likeness (QED) is 0.780. The maximum Gasteiger partial charge on any atom is 0.267 e. The number of rotatable bonds is 5. The highest BCUT2D eigenvalue weighted by Crippen LogP contribution is 2.18. The van der Waals surface area contributed by atoms with Crippen LogP contribution in [0.4, 0.5) is 0 Å². The van der Waals surface area contributed by atoms with Crippen LogP contribution in [0.5, 0.6) is 0 Å². The number of ether oxygens (including phenoxy) is 2. The predicted molar refractivity (Wildman–Crippen MR) is 81.7 cm³/mol. The van der Waals surface area contributed by atoms with Gasteiger partial charge in [-0.2, -0.15) is 4.31 Å². The monoisotopic (exact) mass is 343 g/mol. The van der Waals surface area contributed by atoms with Gasteiger partial charge in [0.15, 0.2) is 0 Å². The van der Waals surface area contributed by atoms with E-state index in [2.05, 4.69) is 10.3 Å². The number of aromatic amines is 1. The Bertz CT molecular complexity index is 645. The van der Waals surface area contributed by atoms with E-state index in [1.54, 1.807) is 0 Å². The van der Waals surface area contributed by atoms with Crippen LogP contribution in [0, 0.1) is 0 Å². The minimum atomic E-state index is -3.59. The third-order valence-electron chi connectivity index (χ3n) is 4.02. The highest BCUT2D eigenvalue weighted by Gasteiger charge is 2.28. The Kier molecular flexibility index (Phi) is 5.00. The topological polar surface area (TPSA) is 101 Å². The van der Waals surface area contributed by atoms with Crippen LogP contribution in [-0.2, 0) is 19.5 Å². The molecule has 0 bridgehead atoms. The molecule has 1 unspecified atom stereocenters. The molecular formula is C14H21N3O5S. The van der Waals surface area contributed by atoms with Crippen molar-refractivity contribution >= 4 is 15.9 Å². The number of nitrogens with one attached hydrogen (secondary N) is 2. The molecular weight excluding hydrogens is 322 g/mol. The number of morpholine rings is 1. The molecule has 2 aliphatic rings. The fourth-order valence-corrected chi connectivity index (χ4v) is 4.10. The number of H-pyrrole nitrogens is 1. The summed E-state index contributed by atoms with van der Waals surface area (Å²) < 4.78 is 37.0. The van der Waals surface area contributed by atoms with Gasteiger partial charge in [0.2, 0.25) is 10.0 Å². The van der Waals surface area contributed by atoms with Crippen LogP contribution >= 0.6 is 0 Å². The Hall–Kier alpha value is -1.42. The van der Waals surface area contributed by atoms with E-state index in [0.717, 1.165) is 19.4 Å². The molecule has 1 amide bonds. The molecule has 2 N–H and O–H groups in total. The molecule has 128 valence electrons. The molecule has 0 aromatic carbocycles. The van der Waals surface area contributed by atoms with Crippen LogP contribution in [0.25, 0.3) is 0 Å². The lowest BCUT2D eigenvalue weighted by molar-refractivity contribution is 0.0730. The molecule has 2 aliphatic heterocycles. The maximum absolute atomic E-state index is 12.5. The molecule has 3 rings (SSSR count). The third kappa shape index (κ3) is 3.74. The van der Waals surface area contributed by atoms with Crippen molar-refractivity contribution in [3.8, 4) is 0 Å². The van der Waals surface area contributed by atoms with Gasteiger partial charge in [0.25, 0.3) is 5.91 Å². The van der Waals surface area contributed by atoms with Gasteiger partial charge in [0, 0.05) is 32.4 Å². The van der Waals surface area contributed by atoms with Crippen LogP contribution < -0.4 is 5.32 Å². The first-order chi connectivity index (χ1) is 11.1. The molecule has 9 heteroatoms. The second kappa shape index (κ2) is 7.00. The van der Waals surface area contributed by atoms with E-state index in [1.807, 2.05) is 0 Å². The van der Waals surface area contributed by atoms with Gasteiger partial charge in [-0.05, 0) is 18.9 Å². The molecule has 0 saturated carbocycles. The molecule has 1 atom stereocenters. The Labute approximate surface area is 135 Å². The zero-order valence-corrected chi connectivity index (χ0v) is 13.6. The Morgan fingerprint density at radius 3 is 2.83 bits per heavy atom. The zero-order chi connectivity index (χ0) is 16.3. The standard InChI is InChI=1S/C14H21N3O5S/c18-14(16-9-11-2-1-5-22-11)13-8-12(10-15-13)23(19,20)17-3-6-21-7-4-17/h8,10-11,15H,1-7,9H2,(H,16,18). The van der Waals surface area contributed by atoms with Gasteiger partial charge in [-0.25, -0.2) is 8.42 Å². The first kappa shape index (κ1) is 16.4. The molecule has 1 aromatic rings. The SMILES string of the molecule is O=C(NCC1CCCO1)c1cc(S(=O)(=O)N2CCOCC2)c[nH]1. The number of aromatic nitrogens is 1. The van der Waals surface area contributed by atoms with Gasteiger partial charge >= 0.3 is 0 Å². The number of nitrogens with zero attached hydrogens (tertiary/aromatic N) is 1. The first-order valence-corrected chi connectivity index (χ1v) is 9.17. The summed E-state index contributed by atoms with van der Waals surface area (Å²) in [6, 6.07) is 1.37. The van der Waals surface area contributed by atoms with Gasteiger partial charge in [-0.15, -0.1) is 0 Å². The summed E-state index contributed by atoms with van der Waals surface area (Å²) in [4.78, 5) is 14.9. The molecule has 0 radical (unpaired) electrons. The van der Waals surface area contributed by atoms with Gasteiger partial charge in [-0.3, -0.25) is 4.79 Å². The lowest BCUT2D eigenvalue weighted by atomic mass is 10.2. The molecule has 23 heavy (non-hydrogen) atoms. The van der Waals surface area contributed by atoms with Gasteiger partial charge in [-0.1, -0.05) is 0 Å². The molecule has 3 heterocycles. The summed E-state index contributed by atoms with van der Waals surface area (Å²) in [6.07, 6.45) is 3.34. The van der Waals surface area contributed by atoms with E-state index >= 15 is 0 Å². The van der Waals surface area contributed by atoms with Crippen LogP contribution in [0.15, 0.2) is 17.2 Å². The minimum absolute atomic E-state index is 0.0467. The lowest BCUT2D eigenvalue weighted by Gasteiger charge is -2.25. The number of carbonyl (C=O) groups is 1. The summed E-state index contributed by atoms with van der Waals surface area (Å²) in [5.41, 5.74) is 0.231. The predicted octanol–water partition coefficient (Wildman–Crippen LogP) is -0.0556. The summed E-state index contributed by atoms with van der Waals surface area (Å²) in [5.74, 6) is -0.330. The Balaban J connectivity index is 1.63. The molecule has 0 spiro atoms.